The zero-order valence-corrected chi connectivity index (χ0v) is 17.3. The van der Waals surface area contributed by atoms with E-state index in [1.54, 1.807) is 0 Å². The number of benzene rings is 2. The molecule has 0 aromatic heterocycles. The lowest BCUT2D eigenvalue weighted by Gasteiger charge is -2.38. The Morgan fingerprint density at radius 2 is 1.80 bits per heavy atom. The summed E-state index contributed by atoms with van der Waals surface area (Å²) in [5.74, 6) is -1.25. The van der Waals surface area contributed by atoms with Crippen LogP contribution in [0.5, 0.6) is 0 Å². The highest BCUT2D eigenvalue weighted by Gasteiger charge is 2.43. The first-order valence-electron chi connectivity index (χ1n) is 10.6. The molecule has 1 aliphatic heterocycles. The van der Waals surface area contributed by atoms with Gasteiger partial charge in [0.1, 0.15) is 12.5 Å². The van der Waals surface area contributed by atoms with E-state index in [4.69, 9.17) is 4.74 Å². The second-order valence-corrected chi connectivity index (χ2v) is 7.96. The minimum atomic E-state index is -0.637. The zero-order valence-electron chi connectivity index (χ0n) is 17.3. The smallest absolute Gasteiger partial charge is 0.316 e. The molecular formula is C26H27NO3. The van der Waals surface area contributed by atoms with Crippen molar-refractivity contribution in [3.8, 4) is 0 Å². The van der Waals surface area contributed by atoms with E-state index in [1.807, 2.05) is 42.5 Å². The van der Waals surface area contributed by atoms with Crippen molar-refractivity contribution in [2.45, 2.75) is 45.1 Å². The van der Waals surface area contributed by atoms with Gasteiger partial charge in [-0.3, -0.25) is 9.59 Å². The van der Waals surface area contributed by atoms with Crippen LogP contribution in [0.1, 0.15) is 48.8 Å². The van der Waals surface area contributed by atoms with Crippen molar-refractivity contribution in [2.75, 3.05) is 0 Å². The van der Waals surface area contributed by atoms with Crippen LogP contribution < -0.4 is 5.32 Å². The van der Waals surface area contributed by atoms with E-state index in [0.717, 1.165) is 41.7 Å². The van der Waals surface area contributed by atoms with Gasteiger partial charge >= 0.3 is 5.97 Å². The molecule has 4 heteroatoms. The van der Waals surface area contributed by atoms with Crippen molar-refractivity contribution in [2.24, 2.45) is 5.92 Å². The van der Waals surface area contributed by atoms with Crippen molar-refractivity contribution in [3.05, 3.63) is 94.8 Å². The molecular weight excluding hydrogens is 374 g/mol. The molecule has 0 radical (unpaired) electrons. The molecule has 2 aromatic carbocycles. The molecule has 0 spiro atoms. The maximum absolute atomic E-state index is 13.2. The van der Waals surface area contributed by atoms with Gasteiger partial charge < -0.3 is 10.1 Å². The molecule has 2 unspecified atom stereocenters. The van der Waals surface area contributed by atoms with Crippen LogP contribution in [0.2, 0.25) is 0 Å². The van der Waals surface area contributed by atoms with Crippen LogP contribution in [0.15, 0.2) is 78.1 Å². The molecule has 2 aliphatic rings. The molecule has 4 rings (SSSR count). The lowest BCUT2D eigenvalue weighted by Crippen LogP contribution is -2.41. The van der Waals surface area contributed by atoms with E-state index in [1.165, 1.54) is 5.56 Å². The molecule has 4 nitrogen and oxygen atoms in total. The standard InChI is InChI=1S/C26H27NO3/c1-3-18-12-14-20(15-13-18)24-23(26(29)30-16-19-8-5-4-6-9-19)17(2)27-21-10-7-11-22(28)25(21)24/h4-6,8-9,12-15,23-24,27H,2-3,7,10-11,16H2,1H3. The normalized spacial score (nSPS) is 21.1. The highest BCUT2D eigenvalue weighted by molar-refractivity contribution is 6.00. The number of carbonyl (C=O) groups is 2. The molecule has 0 saturated heterocycles. The summed E-state index contributed by atoms with van der Waals surface area (Å²) in [6.45, 7) is 6.45. The quantitative estimate of drug-likeness (QED) is 0.730. The fourth-order valence-electron chi connectivity index (χ4n) is 4.41. The molecule has 0 bridgehead atoms. The molecule has 1 heterocycles. The van der Waals surface area contributed by atoms with Crippen molar-refractivity contribution in [3.63, 3.8) is 0 Å². The first-order valence-corrected chi connectivity index (χ1v) is 10.6. The fourth-order valence-corrected chi connectivity index (χ4v) is 4.41. The minimum absolute atomic E-state index is 0.113. The predicted octanol–water partition coefficient (Wildman–Crippen LogP) is 4.82. The number of allylic oxidation sites excluding steroid dienone is 2. The van der Waals surface area contributed by atoms with E-state index in [-0.39, 0.29) is 24.3 Å². The highest BCUT2D eigenvalue weighted by atomic mass is 16.5. The van der Waals surface area contributed by atoms with Gasteiger partial charge in [0.2, 0.25) is 0 Å². The monoisotopic (exact) mass is 401 g/mol. The van der Waals surface area contributed by atoms with Gasteiger partial charge in [0.05, 0.1) is 0 Å². The topological polar surface area (TPSA) is 55.4 Å². The summed E-state index contributed by atoms with van der Waals surface area (Å²) in [6, 6.07) is 17.8. The third kappa shape index (κ3) is 3.95. The number of hydrogen-bond acceptors (Lipinski definition) is 4. The van der Waals surface area contributed by atoms with Crippen molar-refractivity contribution >= 4 is 11.8 Å². The second kappa shape index (κ2) is 8.70. The Kier molecular flexibility index (Phi) is 5.84. The van der Waals surface area contributed by atoms with Gasteiger partial charge in [-0.2, -0.15) is 0 Å². The summed E-state index contributed by atoms with van der Waals surface area (Å²) >= 11 is 0. The maximum Gasteiger partial charge on any atom is 0.316 e. The molecule has 30 heavy (non-hydrogen) atoms. The van der Waals surface area contributed by atoms with Gasteiger partial charge in [-0.05, 0) is 36.0 Å². The summed E-state index contributed by atoms with van der Waals surface area (Å²) < 4.78 is 5.68. The van der Waals surface area contributed by atoms with E-state index >= 15 is 0 Å². The number of ketones is 1. The third-order valence-electron chi connectivity index (χ3n) is 6.01. The average molecular weight is 402 g/mol. The summed E-state index contributed by atoms with van der Waals surface area (Å²) in [7, 11) is 0. The zero-order chi connectivity index (χ0) is 21.1. The molecule has 0 amide bonds. The van der Waals surface area contributed by atoms with E-state index < -0.39 is 5.92 Å². The van der Waals surface area contributed by atoms with E-state index in [9.17, 15) is 9.59 Å². The van der Waals surface area contributed by atoms with E-state index in [0.29, 0.717) is 12.1 Å². The number of ether oxygens (including phenoxy) is 1. The highest BCUT2D eigenvalue weighted by Crippen LogP contribution is 2.44. The summed E-state index contributed by atoms with van der Waals surface area (Å²) in [5.41, 5.74) is 5.34. The minimum Gasteiger partial charge on any atom is -0.460 e. The van der Waals surface area contributed by atoms with Gasteiger partial charge in [-0.15, -0.1) is 0 Å². The Hall–Kier alpha value is -3.14. The lowest BCUT2D eigenvalue weighted by atomic mass is 9.71. The average Bonchev–Trinajstić information content (AvgIpc) is 2.77. The van der Waals surface area contributed by atoms with Crippen molar-refractivity contribution in [1.29, 1.82) is 0 Å². The Balaban J connectivity index is 1.69. The molecule has 2 aromatic rings. The number of nitrogens with one attached hydrogen (secondary N) is 1. The molecule has 2 atom stereocenters. The summed E-state index contributed by atoms with van der Waals surface area (Å²) in [4.78, 5) is 26.1. The largest absolute Gasteiger partial charge is 0.460 e. The maximum atomic E-state index is 13.2. The van der Waals surface area contributed by atoms with Crippen LogP contribution in [0.25, 0.3) is 0 Å². The van der Waals surface area contributed by atoms with Gasteiger partial charge in [0.25, 0.3) is 0 Å². The Morgan fingerprint density at radius 1 is 1.07 bits per heavy atom. The van der Waals surface area contributed by atoms with Gasteiger partial charge in [-0.25, -0.2) is 0 Å². The Labute approximate surface area is 177 Å². The molecule has 0 saturated carbocycles. The molecule has 154 valence electrons. The van der Waals surface area contributed by atoms with Crippen LogP contribution in [0, 0.1) is 5.92 Å². The summed E-state index contributed by atoms with van der Waals surface area (Å²) in [5, 5.41) is 3.26. The second-order valence-electron chi connectivity index (χ2n) is 7.96. The van der Waals surface area contributed by atoms with Crippen LogP contribution in [-0.2, 0) is 27.4 Å². The lowest BCUT2D eigenvalue weighted by molar-refractivity contribution is -0.149. The van der Waals surface area contributed by atoms with Crippen LogP contribution >= 0.6 is 0 Å². The Bertz CT molecular complexity index is 989. The summed E-state index contributed by atoms with van der Waals surface area (Å²) in [6.07, 6.45) is 3.08. The number of aryl methyl sites for hydroxylation is 1. The number of Topliss-reactive ketones (excluding diaryl/α,β-unsaturated/α-hetero) is 1. The first kappa shape index (κ1) is 20.1. The fraction of sp³-hybridized carbons (Fsp3) is 0.308. The first-order chi connectivity index (χ1) is 14.6. The number of carbonyl (C=O) groups excluding carboxylic acids is 2. The predicted molar refractivity (Wildman–Crippen MR) is 116 cm³/mol. The van der Waals surface area contributed by atoms with Crippen LogP contribution in [-0.4, -0.2) is 11.8 Å². The van der Waals surface area contributed by atoms with E-state index in [2.05, 4.69) is 31.0 Å². The van der Waals surface area contributed by atoms with Crippen molar-refractivity contribution < 1.29 is 14.3 Å². The van der Waals surface area contributed by atoms with Crippen LogP contribution in [0.4, 0.5) is 0 Å². The number of rotatable bonds is 5. The van der Waals surface area contributed by atoms with Gasteiger partial charge in [0.15, 0.2) is 5.78 Å². The van der Waals surface area contributed by atoms with Gasteiger partial charge in [0, 0.05) is 29.3 Å². The third-order valence-corrected chi connectivity index (χ3v) is 6.01. The van der Waals surface area contributed by atoms with Crippen molar-refractivity contribution in [1.82, 2.24) is 5.32 Å². The molecule has 1 N–H and O–H groups in total. The Morgan fingerprint density at radius 3 is 2.50 bits per heavy atom. The van der Waals surface area contributed by atoms with Crippen LogP contribution in [0.3, 0.4) is 0 Å². The number of esters is 1. The van der Waals surface area contributed by atoms with Gasteiger partial charge in [-0.1, -0.05) is 68.1 Å². The SMILES string of the molecule is C=C1NC2=C(C(=O)CCC2)C(c2ccc(CC)cc2)C1C(=O)OCc1ccccc1. The number of hydrogen-bond donors (Lipinski definition) is 1. The molecule has 1 aliphatic carbocycles. The molecule has 0 fully saturated rings.